The number of hydrogen-bond acceptors (Lipinski definition) is 1. The first-order chi connectivity index (χ1) is 11.8. The van der Waals surface area contributed by atoms with Crippen molar-refractivity contribution in [3.05, 3.63) is 0 Å². The molecule has 1 nitrogen and oxygen atoms in total. The van der Waals surface area contributed by atoms with Crippen molar-refractivity contribution in [2.75, 3.05) is 6.61 Å². The number of aliphatic hydroxyl groups excluding tert-OH is 1. The minimum atomic E-state index is 0.373. The van der Waals surface area contributed by atoms with Crippen LogP contribution in [-0.2, 0) is 0 Å². The van der Waals surface area contributed by atoms with Gasteiger partial charge in [0.2, 0.25) is 0 Å². The Bertz CT molecular complexity index is 196. The Morgan fingerprint density at radius 3 is 1.25 bits per heavy atom. The zero-order valence-corrected chi connectivity index (χ0v) is 17.2. The van der Waals surface area contributed by atoms with Gasteiger partial charge in [0.05, 0.1) is 0 Å². The molecule has 146 valence electrons. The van der Waals surface area contributed by atoms with Gasteiger partial charge in [-0.1, -0.05) is 129 Å². The Balaban J connectivity index is 3.64. The molecule has 0 aliphatic heterocycles. The van der Waals surface area contributed by atoms with Crippen molar-refractivity contribution in [1.29, 1.82) is 0 Å². The van der Waals surface area contributed by atoms with Crippen LogP contribution in [0.2, 0.25) is 0 Å². The summed E-state index contributed by atoms with van der Waals surface area (Å²) in [6.07, 6.45) is 26.5. The van der Waals surface area contributed by atoms with Gasteiger partial charge < -0.3 is 5.11 Å². The predicted molar refractivity (Wildman–Crippen MR) is 110 cm³/mol. The topological polar surface area (TPSA) is 20.2 Å². The summed E-state index contributed by atoms with van der Waals surface area (Å²) in [7, 11) is 0. The molecule has 0 fully saturated rings. The van der Waals surface area contributed by atoms with Gasteiger partial charge in [-0.15, -0.1) is 0 Å². The van der Waals surface area contributed by atoms with Crippen LogP contribution in [-0.4, -0.2) is 11.7 Å². The van der Waals surface area contributed by atoms with E-state index in [-0.39, 0.29) is 0 Å². The van der Waals surface area contributed by atoms with Crippen LogP contribution >= 0.6 is 0 Å². The van der Waals surface area contributed by atoms with Crippen LogP contribution in [0.25, 0.3) is 0 Å². The van der Waals surface area contributed by atoms with E-state index in [9.17, 15) is 0 Å². The second-order valence-corrected chi connectivity index (χ2v) is 7.91. The van der Waals surface area contributed by atoms with Crippen LogP contribution < -0.4 is 0 Å². The van der Waals surface area contributed by atoms with Gasteiger partial charge >= 0.3 is 0 Å². The molecule has 0 bridgehead atoms. The van der Waals surface area contributed by atoms with Crippen LogP contribution in [0.1, 0.15) is 136 Å². The minimum absolute atomic E-state index is 0.373. The quantitative estimate of drug-likeness (QED) is 0.222. The lowest BCUT2D eigenvalue weighted by atomic mass is 9.89. The summed E-state index contributed by atoms with van der Waals surface area (Å²) in [4.78, 5) is 0. The van der Waals surface area contributed by atoms with Gasteiger partial charge in [0.15, 0.2) is 0 Å². The molecular weight excluding hydrogens is 292 g/mol. The number of rotatable bonds is 20. The zero-order chi connectivity index (χ0) is 17.7. The van der Waals surface area contributed by atoms with Crippen LogP contribution in [0, 0.1) is 5.92 Å². The molecule has 0 heterocycles. The smallest absolute Gasteiger partial charge is 0.0431 e. The van der Waals surface area contributed by atoms with Crippen LogP contribution in [0.5, 0.6) is 0 Å². The maximum Gasteiger partial charge on any atom is 0.0431 e. The molecule has 24 heavy (non-hydrogen) atoms. The normalized spacial score (nSPS) is 12.6. The van der Waals surface area contributed by atoms with Crippen LogP contribution in [0.3, 0.4) is 0 Å². The van der Waals surface area contributed by atoms with E-state index in [0.29, 0.717) is 6.61 Å². The first kappa shape index (κ1) is 24.0. The number of aliphatic hydroxyl groups is 1. The molecule has 1 atom stereocenters. The lowest BCUT2D eigenvalue weighted by Crippen LogP contribution is -2.01. The fourth-order valence-corrected chi connectivity index (χ4v) is 3.76. The van der Waals surface area contributed by atoms with Gasteiger partial charge in [0.1, 0.15) is 0 Å². The maximum atomic E-state index is 8.81. The van der Waals surface area contributed by atoms with E-state index in [1.165, 1.54) is 116 Å². The number of hydrogen-bond donors (Lipinski definition) is 1. The average molecular weight is 341 g/mol. The van der Waals surface area contributed by atoms with Gasteiger partial charge in [-0.05, 0) is 12.3 Å². The van der Waals surface area contributed by atoms with E-state index in [1.807, 2.05) is 0 Å². The van der Waals surface area contributed by atoms with E-state index in [1.54, 1.807) is 0 Å². The lowest BCUT2D eigenvalue weighted by Gasteiger charge is -2.17. The fourth-order valence-electron chi connectivity index (χ4n) is 3.76. The Labute approximate surface area is 154 Å². The zero-order valence-electron chi connectivity index (χ0n) is 17.2. The van der Waals surface area contributed by atoms with E-state index >= 15 is 0 Å². The van der Waals surface area contributed by atoms with Gasteiger partial charge in [-0.25, -0.2) is 0 Å². The van der Waals surface area contributed by atoms with Gasteiger partial charge in [0.25, 0.3) is 0 Å². The molecular formula is C23H48O. The molecule has 0 aromatic rings. The van der Waals surface area contributed by atoms with Crippen molar-refractivity contribution < 1.29 is 5.11 Å². The molecule has 0 aliphatic carbocycles. The lowest BCUT2D eigenvalue weighted by molar-refractivity contribution is 0.282. The molecule has 0 saturated carbocycles. The molecule has 1 heteroatoms. The maximum absolute atomic E-state index is 8.81. The van der Waals surface area contributed by atoms with Crippen molar-refractivity contribution in [2.45, 2.75) is 136 Å². The van der Waals surface area contributed by atoms with Gasteiger partial charge in [0, 0.05) is 6.61 Å². The molecule has 0 spiro atoms. The van der Waals surface area contributed by atoms with Gasteiger partial charge in [-0.2, -0.15) is 0 Å². The second-order valence-electron chi connectivity index (χ2n) is 7.91. The third kappa shape index (κ3) is 18.3. The molecule has 0 saturated heterocycles. The van der Waals surface area contributed by atoms with Crippen LogP contribution in [0.15, 0.2) is 0 Å². The van der Waals surface area contributed by atoms with Crippen molar-refractivity contribution >= 4 is 0 Å². The van der Waals surface area contributed by atoms with Crippen LogP contribution in [0.4, 0.5) is 0 Å². The summed E-state index contributed by atoms with van der Waals surface area (Å²) in [5.41, 5.74) is 0. The monoisotopic (exact) mass is 340 g/mol. The Morgan fingerprint density at radius 2 is 0.792 bits per heavy atom. The molecule has 0 radical (unpaired) electrons. The molecule has 0 rings (SSSR count). The highest BCUT2D eigenvalue weighted by Crippen LogP contribution is 2.24. The summed E-state index contributed by atoms with van der Waals surface area (Å²) in [6, 6.07) is 0. The Kier molecular flexibility index (Phi) is 21.0. The Hall–Kier alpha value is -0.0400. The van der Waals surface area contributed by atoms with E-state index < -0.39 is 0 Å². The van der Waals surface area contributed by atoms with E-state index in [2.05, 4.69) is 13.8 Å². The third-order valence-electron chi connectivity index (χ3n) is 5.45. The second kappa shape index (κ2) is 21.0. The molecule has 0 amide bonds. The summed E-state index contributed by atoms with van der Waals surface area (Å²) in [6.45, 7) is 4.99. The summed E-state index contributed by atoms with van der Waals surface area (Å²) >= 11 is 0. The molecule has 1 unspecified atom stereocenters. The first-order valence-corrected chi connectivity index (χ1v) is 11.5. The van der Waals surface area contributed by atoms with Crippen molar-refractivity contribution in [1.82, 2.24) is 0 Å². The van der Waals surface area contributed by atoms with Crippen molar-refractivity contribution in [2.24, 2.45) is 5.92 Å². The predicted octanol–water partition coefficient (Wildman–Crippen LogP) is 8.05. The first-order valence-electron chi connectivity index (χ1n) is 11.5. The van der Waals surface area contributed by atoms with Crippen molar-refractivity contribution in [3.8, 4) is 0 Å². The highest BCUT2D eigenvalue weighted by atomic mass is 16.2. The Morgan fingerprint density at radius 1 is 0.458 bits per heavy atom. The SMILES string of the molecule is CCCCCCCCCC(CCCCC)CCCCCCCCO. The molecule has 1 N–H and O–H groups in total. The van der Waals surface area contributed by atoms with E-state index in [4.69, 9.17) is 5.11 Å². The average Bonchev–Trinajstić information content (AvgIpc) is 2.59. The largest absolute Gasteiger partial charge is 0.396 e. The summed E-state index contributed by atoms with van der Waals surface area (Å²) < 4.78 is 0. The minimum Gasteiger partial charge on any atom is -0.396 e. The summed E-state index contributed by atoms with van der Waals surface area (Å²) in [5, 5.41) is 8.81. The highest BCUT2D eigenvalue weighted by Gasteiger charge is 2.08. The standard InChI is InChI=1S/C23H48O/c1-3-5-7-8-9-12-16-20-23(19-15-6-4-2)21-17-13-10-11-14-18-22-24/h23-24H,3-22H2,1-2H3. The third-order valence-corrected chi connectivity index (χ3v) is 5.45. The molecule has 0 aromatic heterocycles. The van der Waals surface area contributed by atoms with E-state index in [0.717, 1.165) is 12.3 Å². The number of unbranched alkanes of at least 4 members (excludes halogenated alkanes) is 13. The highest BCUT2D eigenvalue weighted by molar-refractivity contribution is 4.62. The van der Waals surface area contributed by atoms with Gasteiger partial charge in [-0.3, -0.25) is 0 Å². The molecule has 0 aliphatic rings. The summed E-state index contributed by atoms with van der Waals surface area (Å²) in [5.74, 6) is 1.00. The molecule has 0 aromatic carbocycles. The van der Waals surface area contributed by atoms with Crippen molar-refractivity contribution in [3.63, 3.8) is 0 Å². The fraction of sp³-hybridized carbons (Fsp3) is 1.00.